The SMILES string of the molecule is COC(=O)c1scc(C(=O)O)c1OC. The Kier molecular flexibility index (Phi) is 3.08. The Bertz CT molecular complexity index is 368. The molecule has 5 nitrogen and oxygen atoms in total. The molecule has 0 spiro atoms. The monoisotopic (exact) mass is 216 g/mol. The highest BCUT2D eigenvalue weighted by atomic mass is 32.1. The zero-order chi connectivity index (χ0) is 10.7. The van der Waals surface area contributed by atoms with Gasteiger partial charge in [0.25, 0.3) is 0 Å². The summed E-state index contributed by atoms with van der Waals surface area (Å²) in [5.41, 5.74) is -0.0297. The van der Waals surface area contributed by atoms with Gasteiger partial charge >= 0.3 is 11.9 Å². The van der Waals surface area contributed by atoms with Gasteiger partial charge in [-0.25, -0.2) is 9.59 Å². The summed E-state index contributed by atoms with van der Waals surface area (Å²) < 4.78 is 9.30. The minimum Gasteiger partial charge on any atom is -0.494 e. The molecule has 0 bridgehead atoms. The van der Waals surface area contributed by atoms with Gasteiger partial charge in [-0.05, 0) is 0 Å². The van der Waals surface area contributed by atoms with E-state index in [0.717, 1.165) is 11.3 Å². The zero-order valence-corrected chi connectivity index (χ0v) is 8.38. The van der Waals surface area contributed by atoms with E-state index in [2.05, 4.69) is 4.74 Å². The summed E-state index contributed by atoms with van der Waals surface area (Å²) >= 11 is 0.981. The van der Waals surface area contributed by atoms with E-state index in [0.29, 0.717) is 0 Å². The smallest absolute Gasteiger partial charge is 0.351 e. The first-order chi connectivity index (χ1) is 6.61. The van der Waals surface area contributed by atoms with Crippen LogP contribution in [0.1, 0.15) is 20.0 Å². The van der Waals surface area contributed by atoms with Crippen LogP contribution in [0.3, 0.4) is 0 Å². The van der Waals surface area contributed by atoms with Gasteiger partial charge in [0.2, 0.25) is 0 Å². The molecule has 1 rings (SSSR count). The van der Waals surface area contributed by atoms with Crippen LogP contribution in [0.4, 0.5) is 0 Å². The zero-order valence-electron chi connectivity index (χ0n) is 7.57. The van der Waals surface area contributed by atoms with Gasteiger partial charge in [-0.1, -0.05) is 0 Å². The van der Waals surface area contributed by atoms with Crippen molar-refractivity contribution in [3.8, 4) is 5.75 Å². The molecular formula is C8H8O5S. The van der Waals surface area contributed by atoms with Crippen LogP contribution in [0.25, 0.3) is 0 Å². The number of esters is 1. The number of carbonyl (C=O) groups excluding carboxylic acids is 1. The first-order valence-corrected chi connectivity index (χ1v) is 4.46. The molecule has 0 aromatic carbocycles. The number of carboxylic acids is 1. The van der Waals surface area contributed by atoms with E-state index in [-0.39, 0.29) is 16.2 Å². The lowest BCUT2D eigenvalue weighted by molar-refractivity contribution is 0.0603. The number of carbonyl (C=O) groups is 2. The molecule has 0 atom stereocenters. The third kappa shape index (κ3) is 1.69. The normalized spacial score (nSPS) is 9.57. The second-order valence-corrected chi connectivity index (χ2v) is 3.19. The molecule has 0 aliphatic carbocycles. The van der Waals surface area contributed by atoms with Gasteiger partial charge in [0.1, 0.15) is 5.56 Å². The number of ether oxygens (including phenoxy) is 2. The van der Waals surface area contributed by atoms with E-state index in [9.17, 15) is 9.59 Å². The molecule has 1 aromatic heterocycles. The molecule has 0 radical (unpaired) electrons. The fraction of sp³-hybridized carbons (Fsp3) is 0.250. The summed E-state index contributed by atoms with van der Waals surface area (Å²) in [4.78, 5) is 22.0. The third-order valence-electron chi connectivity index (χ3n) is 1.55. The van der Waals surface area contributed by atoms with E-state index in [1.165, 1.54) is 19.6 Å². The highest BCUT2D eigenvalue weighted by Gasteiger charge is 2.22. The molecule has 6 heteroatoms. The summed E-state index contributed by atoms with van der Waals surface area (Å²) in [6.07, 6.45) is 0. The average molecular weight is 216 g/mol. The van der Waals surface area contributed by atoms with E-state index in [4.69, 9.17) is 9.84 Å². The van der Waals surface area contributed by atoms with Crippen molar-refractivity contribution in [2.75, 3.05) is 14.2 Å². The van der Waals surface area contributed by atoms with Crippen LogP contribution < -0.4 is 4.74 Å². The Morgan fingerprint density at radius 1 is 1.43 bits per heavy atom. The lowest BCUT2D eigenvalue weighted by atomic mass is 10.3. The average Bonchev–Trinajstić information content (AvgIpc) is 2.59. The Morgan fingerprint density at radius 3 is 2.50 bits per heavy atom. The number of hydrogen-bond donors (Lipinski definition) is 1. The predicted molar refractivity (Wildman–Crippen MR) is 49.2 cm³/mol. The van der Waals surface area contributed by atoms with Crippen LogP contribution >= 0.6 is 11.3 Å². The fourth-order valence-electron chi connectivity index (χ4n) is 0.931. The summed E-state index contributed by atoms with van der Waals surface area (Å²) in [6, 6.07) is 0. The number of carboxylic acid groups (broad SMARTS) is 1. The largest absolute Gasteiger partial charge is 0.494 e. The molecule has 1 heterocycles. The molecule has 0 aliphatic rings. The van der Waals surface area contributed by atoms with Gasteiger partial charge < -0.3 is 14.6 Å². The number of aromatic carboxylic acids is 1. The number of rotatable bonds is 3. The van der Waals surface area contributed by atoms with E-state index in [1.54, 1.807) is 0 Å². The highest BCUT2D eigenvalue weighted by Crippen LogP contribution is 2.30. The molecular weight excluding hydrogens is 208 g/mol. The standard InChI is InChI=1S/C8H8O5S/c1-12-5-4(7(9)10)3-14-6(5)8(11)13-2/h3H,1-2H3,(H,9,10). The van der Waals surface area contributed by atoms with Crippen LogP contribution in [0.2, 0.25) is 0 Å². The maximum atomic E-state index is 11.1. The predicted octanol–water partition coefficient (Wildman–Crippen LogP) is 1.24. The summed E-state index contributed by atoms with van der Waals surface area (Å²) in [6.45, 7) is 0. The van der Waals surface area contributed by atoms with E-state index < -0.39 is 11.9 Å². The maximum Gasteiger partial charge on any atom is 0.351 e. The molecule has 0 saturated carbocycles. The number of hydrogen-bond acceptors (Lipinski definition) is 5. The Hall–Kier alpha value is -1.56. The number of thiophene rings is 1. The van der Waals surface area contributed by atoms with Crippen molar-refractivity contribution in [2.45, 2.75) is 0 Å². The summed E-state index contributed by atoms with van der Waals surface area (Å²) in [7, 11) is 2.53. The van der Waals surface area contributed by atoms with Gasteiger partial charge in [0.15, 0.2) is 10.6 Å². The second kappa shape index (κ2) is 4.10. The summed E-state index contributed by atoms with van der Waals surface area (Å²) in [5, 5.41) is 10.1. The Balaban J connectivity index is 3.20. The van der Waals surface area contributed by atoms with Crippen molar-refractivity contribution in [1.29, 1.82) is 0 Å². The molecule has 0 aliphatic heterocycles. The van der Waals surface area contributed by atoms with Gasteiger partial charge in [-0.3, -0.25) is 0 Å². The molecule has 0 fully saturated rings. The maximum absolute atomic E-state index is 11.1. The van der Waals surface area contributed by atoms with Crippen molar-refractivity contribution in [3.63, 3.8) is 0 Å². The van der Waals surface area contributed by atoms with Crippen LogP contribution in [0.15, 0.2) is 5.38 Å². The molecule has 0 amide bonds. The van der Waals surface area contributed by atoms with Gasteiger partial charge in [0, 0.05) is 5.38 Å². The number of methoxy groups -OCH3 is 2. The third-order valence-corrected chi connectivity index (χ3v) is 2.49. The van der Waals surface area contributed by atoms with E-state index in [1.807, 2.05) is 0 Å². The molecule has 14 heavy (non-hydrogen) atoms. The lowest BCUT2D eigenvalue weighted by Crippen LogP contribution is -2.03. The van der Waals surface area contributed by atoms with Crippen LogP contribution in [-0.2, 0) is 4.74 Å². The molecule has 0 unspecified atom stereocenters. The topological polar surface area (TPSA) is 72.8 Å². The Morgan fingerprint density at radius 2 is 2.07 bits per heavy atom. The Labute approximate surface area is 83.9 Å². The quantitative estimate of drug-likeness (QED) is 0.769. The van der Waals surface area contributed by atoms with Gasteiger partial charge in [0.05, 0.1) is 14.2 Å². The highest BCUT2D eigenvalue weighted by molar-refractivity contribution is 7.12. The first-order valence-electron chi connectivity index (χ1n) is 3.59. The van der Waals surface area contributed by atoms with Crippen molar-refractivity contribution in [1.82, 2.24) is 0 Å². The first kappa shape index (κ1) is 10.5. The molecule has 1 aromatic rings. The van der Waals surface area contributed by atoms with Crippen molar-refractivity contribution in [2.24, 2.45) is 0 Å². The van der Waals surface area contributed by atoms with Crippen molar-refractivity contribution in [3.05, 3.63) is 15.8 Å². The van der Waals surface area contributed by atoms with Crippen molar-refractivity contribution < 1.29 is 24.2 Å². The van der Waals surface area contributed by atoms with Crippen molar-refractivity contribution >= 4 is 23.3 Å². The van der Waals surface area contributed by atoms with Crippen LogP contribution in [0, 0.1) is 0 Å². The van der Waals surface area contributed by atoms with Gasteiger partial charge in [-0.15, -0.1) is 11.3 Å². The minimum absolute atomic E-state index is 0.0297. The van der Waals surface area contributed by atoms with Crippen LogP contribution in [0.5, 0.6) is 5.75 Å². The minimum atomic E-state index is -1.13. The fourth-order valence-corrected chi connectivity index (χ4v) is 1.85. The second-order valence-electron chi connectivity index (χ2n) is 2.31. The lowest BCUT2D eigenvalue weighted by Gasteiger charge is -2.01. The molecule has 1 N–H and O–H groups in total. The molecule has 0 saturated heterocycles. The van der Waals surface area contributed by atoms with E-state index >= 15 is 0 Å². The van der Waals surface area contributed by atoms with Crippen LogP contribution in [-0.4, -0.2) is 31.3 Å². The molecule has 76 valence electrons. The summed E-state index contributed by atoms with van der Waals surface area (Å²) in [5.74, 6) is -1.68. The van der Waals surface area contributed by atoms with Gasteiger partial charge in [-0.2, -0.15) is 0 Å².